The van der Waals surface area contributed by atoms with Gasteiger partial charge in [0, 0.05) is 19.7 Å². The fourth-order valence-electron chi connectivity index (χ4n) is 2.15. The van der Waals surface area contributed by atoms with E-state index < -0.39 is 11.4 Å². The molecule has 0 aromatic rings. The molecule has 0 radical (unpaired) electrons. The molecule has 4 N–H and O–H groups in total. The predicted molar refractivity (Wildman–Crippen MR) is 72.1 cm³/mol. The van der Waals surface area contributed by atoms with Gasteiger partial charge in [-0.1, -0.05) is 6.92 Å². The molecular formula is C13H27N3O2. The summed E-state index contributed by atoms with van der Waals surface area (Å²) in [6.45, 7) is 7.45. The monoisotopic (exact) mass is 257 g/mol. The number of carbonyl (C=O) groups excluding carboxylic acids is 1. The molecule has 2 unspecified atom stereocenters. The van der Waals surface area contributed by atoms with Crippen molar-refractivity contribution in [3.05, 3.63) is 0 Å². The molecule has 1 heterocycles. The molecule has 1 aliphatic heterocycles. The van der Waals surface area contributed by atoms with Gasteiger partial charge < -0.3 is 21.1 Å². The Morgan fingerprint density at radius 2 is 2.28 bits per heavy atom. The summed E-state index contributed by atoms with van der Waals surface area (Å²) in [5.74, 6) is -0.432. The highest BCUT2D eigenvalue weighted by Crippen LogP contribution is 2.15. The molecule has 0 aliphatic carbocycles. The second kappa shape index (κ2) is 7.07. The Labute approximate surface area is 110 Å². The topological polar surface area (TPSA) is 81.6 Å². The van der Waals surface area contributed by atoms with Gasteiger partial charge in [0.2, 0.25) is 5.91 Å². The van der Waals surface area contributed by atoms with Gasteiger partial charge in [0.05, 0.1) is 11.6 Å². The largest absolute Gasteiger partial charge is 0.377 e. The number of rotatable bonds is 7. The summed E-state index contributed by atoms with van der Waals surface area (Å²) in [6.07, 6.45) is 4.26. The SMILES string of the molecule is CCCOC1CCCN(CCC(C)(N)C(N)=O)C1. The number of amides is 1. The highest BCUT2D eigenvalue weighted by Gasteiger charge is 2.27. The predicted octanol–water partition coefficient (Wildman–Crippen LogP) is 0.470. The Hall–Kier alpha value is -0.650. The highest BCUT2D eigenvalue weighted by molar-refractivity contribution is 5.83. The zero-order valence-corrected chi connectivity index (χ0v) is 11.7. The minimum absolute atomic E-state index is 0.330. The number of hydrogen-bond acceptors (Lipinski definition) is 4. The summed E-state index contributed by atoms with van der Waals surface area (Å²) in [5, 5.41) is 0. The van der Waals surface area contributed by atoms with Crippen LogP contribution in [0.3, 0.4) is 0 Å². The lowest BCUT2D eigenvalue weighted by atomic mass is 9.97. The normalized spacial score (nSPS) is 24.7. The maximum absolute atomic E-state index is 11.2. The van der Waals surface area contributed by atoms with Crippen LogP contribution in [-0.4, -0.2) is 48.7 Å². The molecule has 0 saturated carbocycles. The summed E-state index contributed by atoms with van der Waals surface area (Å²) in [4.78, 5) is 13.5. The molecule has 0 spiro atoms. The quantitative estimate of drug-likeness (QED) is 0.694. The van der Waals surface area contributed by atoms with Gasteiger partial charge >= 0.3 is 0 Å². The van der Waals surface area contributed by atoms with Crippen LogP contribution in [0.1, 0.15) is 39.5 Å². The van der Waals surface area contributed by atoms with Crippen molar-refractivity contribution in [2.75, 3.05) is 26.2 Å². The number of primary amides is 1. The molecular weight excluding hydrogens is 230 g/mol. The van der Waals surface area contributed by atoms with E-state index >= 15 is 0 Å². The van der Waals surface area contributed by atoms with Crippen molar-refractivity contribution in [1.82, 2.24) is 4.90 Å². The van der Waals surface area contributed by atoms with Crippen LogP contribution in [0.4, 0.5) is 0 Å². The molecule has 0 bridgehead atoms. The van der Waals surface area contributed by atoms with Crippen LogP contribution in [0, 0.1) is 0 Å². The number of nitrogens with two attached hydrogens (primary N) is 2. The molecule has 1 fully saturated rings. The van der Waals surface area contributed by atoms with E-state index in [1.54, 1.807) is 6.92 Å². The smallest absolute Gasteiger partial charge is 0.237 e. The maximum atomic E-state index is 11.2. The van der Waals surface area contributed by atoms with Gasteiger partial charge in [-0.25, -0.2) is 0 Å². The molecule has 1 saturated heterocycles. The first kappa shape index (κ1) is 15.4. The summed E-state index contributed by atoms with van der Waals surface area (Å²) in [6, 6.07) is 0. The first-order chi connectivity index (χ1) is 8.45. The Morgan fingerprint density at radius 3 is 2.89 bits per heavy atom. The fraction of sp³-hybridized carbons (Fsp3) is 0.923. The Kier molecular flexibility index (Phi) is 6.05. The van der Waals surface area contributed by atoms with Crippen molar-refractivity contribution in [3.63, 3.8) is 0 Å². The Morgan fingerprint density at radius 1 is 1.56 bits per heavy atom. The third-order valence-electron chi connectivity index (χ3n) is 3.53. The highest BCUT2D eigenvalue weighted by atomic mass is 16.5. The lowest BCUT2D eigenvalue weighted by Crippen LogP contribution is -2.52. The molecule has 5 heteroatoms. The van der Waals surface area contributed by atoms with E-state index in [0.29, 0.717) is 12.5 Å². The molecule has 0 aromatic carbocycles. The Balaban J connectivity index is 2.32. The van der Waals surface area contributed by atoms with Crippen LogP contribution in [0.2, 0.25) is 0 Å². The third-order valence-corrected chi connectivity index (χ3v) is 3.53. The van der Waals surface area contributed by atoms with E-state index in [-0.39, 0.29) is 0 Å². The standard InChI is InChI=1S/C13H27N3O2/c1-3-9-18-11-5-4-7-16(10-11)8-6-13(2,15)12(14)17/h11H,3-10,15H2,1-2H3,(H2,14,17). The van der Waals surface area contributed by atoms with E-state index in [0.717, 1.165) is 45.5 Å². The van der Waals surface area contributed by atoms with Crippen molar-refractivity contribution >= 4 is 5.91 Å². The van der Waals surface area contributed by atoms with Gasteiger partial charge in [0.15, 0.2) is 0 Å². The molecule has 5 nitrogen and oxygen atoms in total. The number of hydrogen-bond donors (Lipinski definition) is 2. The average Bonchev–Trinajstić information content (AvgIpc) is 2.34. The summed E-state index contributed by atoms with van der Waals surface area (Å²) in [5.41, 5.74) is 10.2. The molecule has 1 aliphatic rings. The lowest BCUT2D eigenvalue weighted by Gasteiger charge is -2.34. The zero-order chi connectivity index (χ0) is 13.6. The van der Waals surface area contributed by atoms with E-state index in [2.05, 4.69) is 11.8 Å². The van der Waals surface area contributed by atoms with E-state index in [1.165, 1.54) is 0 Å². The summed E-state index contributed by atoms with van der Waals surface area (Å²) < 4.78 is 5.78. The van der Waals surface area contributed by atoms with Crippen molar-refractivity contribution in [2.24, 2.45) is 11.5 Å². The van der Waals surface area contributed by atoms with Crippen LogP contribution in [0.25, 0.3) is 0 Å². The van der Waals surface area contributed by atoms with Gasteiger partial charge in [-0.15, -0.1) is 0 Å². The van der Waals surface area contributed by atoms with Crippen LogP contribution in [0.15, 0.2) is 0 Å². The molecule has 1 amide bonds. The van der Waals surface area contributed by atoms with Crippen molar-refractivity contribution in [3.8, 4) is 0 Å². The maximum Gasteiger partial charge on any atom is 0.237 e. The zero-order valence-electron chi connectivity index (χ0n) is 11.7. The molecule has 18 heavy (non-hydrogen) atoms. The summed E-state index contributed by atoms with van der Waals surface area (Å²) >= 11 is 0. The van der Waals surface area contributed by atoms with E-state index in [4.69, 9.17) is 16.2 Å². The third kappa shape index (κ3) is 4.92. The van der Waals surface area contributed by atoms with Gasteiger partial charge in [-0.2, -0.15) is 0 Å². The van der Waals surface area contributed by atoms with E-state index in [9.17, 15) is 4.79 Å². The molecule has 1 rings (SSSR count). The van der Waals surface area contributed by atoms with Gasteiger partial charge in [-0.05, 0) is 39.2 Å². The van der Waals surface area contributed by atoms with Gasteiger partial charge in [0.25, 0.3) is 0 Å². The minimum Gasteiger partial charge on any atom is -0.377 e. The van der Waals surface area contributed by atoms with Crippen LogP contribution in [-0.2, 0) is 9.53 Å². The fourth-order valence-corrected chi connectivity index (χ4v) is 2.15. The van der Waals surface area contributed by atoms with Crippen LogP contribution >= 0.6 is 0 Å². The number of carbonyl (C=O) groups is 1. The van der Waals surface area contributed by atoms with Crippen LogP contribution in [0.5, 0.6) is 0 Å². The van der Waals surface area contributed by atoms with E-state index in [1.807, 2.05) is 0 Å². The van der Waals surface area contributed by atoms with Crippen molar-refractivity contribution in [1.29, 1.82) is 0 Å². The van der Waals surface area contributed by atoms with Crippen LogP contribution < -0.4 is 11.5 Å². The number of likely N-dealkylation sites (tertiary alicyclic amines) is 1. The Bertz CT molecular complexity index is 269. The van der Waals surface area contributed by atoms with Gasteiger partial charge in [0.1, 0.15) is 0 Å². The molecule has 106 valence electrons. The van der Waals surface area contributed by atoms with Crippen molar-refractivity contribution in [2.45, 2.75) is 51.2 Å². The van der Waals surface area contributed by atoms with Gasteiger partial charge in [-0.3, -0.25) is 4.79 Å². The minimum atomic E-state index is -0.906. The number of ether oxygens (including phenoxy) is 1. The lowest BCUT2D eigenvalue weighted by molar-refractivity contribution is -0.123. The first-order valence-corrected chi connectivity index (χ1v) is 6.88. The van der Waals surface area contributed by atoms with Crippen molar-refractivity contribution < 1.29 is 9.53 Å². The second-order valence-corrected chi connectivity index (χ2v) is 5.47. The second-order valence-electron chi connectivity index (χ2n) is 5.47. The average molecular weight is 257 g/mol. The molecule has 2 atom stereocenters. The number of piperidine rings is 1. The summed E-state index contributed by atoms with van der Waals surface area (Å²) in [7, 11) is 0. The first-order valence-electron chi connectivity index (χ1n) is 6.88. The molecule has 0 aromatic heterocycles. The number of nitrogens with zero attached hydrogens (tertiary/aromatic N) is 1.